The van der Waals surface area contributed by atoms with Crippen LogP contribution < -0.4 is 11.3 Å². The lowest BCUT2D eigenvalue weighted by atomic mass is 10.0. The molecule has 14 heavy (non-hydrogen) atoms. The summed E-state index contributed by atoms with van der Waals surface area (Å²) in [6.45, 7) is 5.06. The van der Waals surface area contributed by atoms with Gasteiger partial charge in [0.05, 0.1) is 5.69 Å². The quantitative estimate of drug-likeness (QED) is 0.795. The molecule has 78 valence electrons. The first kappa shape index (κ1) is 10.8. The molecule has 0 fully saturated rings. The van der Waals surface area contributed by atoms with Crippen molar-refractivity contribution in [2.24, 2.45) is 5.92 Å². The van der Waals surface area contributed by atoms with Crippen molar-refractivity contribution in [1.82, 2.24) is 4.57 Å². The van der Waals surface area contributed by atoms with Gasteiger partial charge in [-0.1, -0.05) is 26.7 Å². The molecule has 0 bridgehead atoms. The monoisotopic (exact) mass is 194 g/mol. The van der Waals surface area contributed by atoms with Crippen LogP contribution in [0, 0.1) is 5.92 Å². The van der Waals surface area contributed by atoms with Gasteiger partial charge < -0.3 is 10.3 Å². The van der Waals surface area contributed by atoms with Crippen LogP contribution in [0.3, 0.4) is 0 Å². The average molecular weight is 194 g/mol. The van der Waals surface area contributed by atoms with E-state index in [-0.39, 0.29) is 5.56 Å². The highest BCUT2D eigenvalue weighted by Gasteiger charge is 2.06. The van der Waals surface area contributed by atoms with Gasteiger partial charge in [0.2, 0.25) is 0 Å². The highest BCUT2D eigenvalue weighted by molar-refractivity contribution is 5.33. The van der Waals surface area contributed by atoms with E-state index in [4.69, 9.17) is 5.73 Å². The van der Waals surface area contributed by atoms with Crippen molar-refractivity contribution in [2.45, 2.75) is 33.2 Å². The molecular weight excluding hydrogens is 176 g/mol. The maximum Gasteiger partial charge on any atom is 0.273 e. The number of nitrogens with zero attached hydrogens (tertiary/aromatic N) is 1. The van der Waals surface area contributed by atoms with Gasteiger partial charge in [-0.15, -0.1) is 0 Å². The van der Waals surface area contributed by atoms with Gasteiger partial charge in [0.15, 0.2) is 0 Å². The SMILES string of the molecule is CCC(CC)Cn1cccc(N)c1=O. The lowest BCUT2D eigenvalue weighted by Crippen LogP contribution is -2.25. The summed E-state index contributed by atoms with van der Waals surface area (Å²) in [7, 11) is 0. The van der Waals surface area contributed by atoms with Crippen molar-refractivity contribution >= 4 is 5.69 Å². The molecular formula is C11H18N2O. The second kappa shape index (κ2) is 4.84. The third-order valence-electron chi connectivity index (χ3n) is 2.66. The molecule has 2 N–H and O–H groups in total. The van der Waals surface area contributed by atoms with Crippen LogP contribution in [0.5, 0.6) is 0 Å². The van der Waals surface area contributed by atoms with Crippen LogP contribution in [0.15, 0.2) is 23.1 Å². The molecule has 0 aliphatic carbocycles. The Bertz CT molecular complexity index is 339. The lowest BCUT2D eigenvalue weighted by molar-refractivity contribution is 0.412. The number of hydrogen-bond donors (Lipinski definition) is 1. The molecule has 1 rings (SSSR count). The lowest BCUT2D eigenvalue weighted by Gasteiger charge is -2.14. The van der Waals surface area contributed by atoms with Crippen molar-refractivity contribution in [1.29, 1.82) is 0 Å². The fraction of sp³-hybridized carbons (Fsp3) is 0.545. The van der Waals surface area contributed by atoms with Gasteiger partial charge in [-0.3, -0.25) is 4.79 Å². The zero-order chi connectivity index (χ0) is 10.6. The first-order chi connectivity index (χ1) is 6.69. The zero-order valence-electron chi connectivity index (χ0n) is 8.86. The van der Waals surface area contributed by atoms with E-state index in [2.05, 4.69) is 13.8 Å². The van der Waals surface area contributed by atoms with E-state index in [9.17, 15) is 4.79 Å². The molecule has 0 spiro atoms. The van der Waals surface area contributed by atoms with E-state index in [0.717, 1.165) is 19.4 Å². The molecule has 3 heteroatoms. The van der Waals surface area contributed by atoms with Gasteiger partial charge >= 0.3 is 0 Å². The molecule has 0 atom stereocenters. The van der Waals surface area contributed by atoms with Crippen LogP contribution in [0.25, 0.3) is 0 Å². The first-order valence-electron chi connectivity index (χ1n) is 5.14. The zero-order valence-corrected chi connectivity index (χ0v) is 8.86. The summed E-state index contributed by atoms with van der Waals surface area (Å²) in [5.74, 6) is 0.564. The Labute approximate surface area is 84.6 Å². The third kappa shape index (κ3) is 2.37. The Balaban J connectivity index is 2.86. The smallest absolute Gasteiger partial charge is 0.273 e. The highest BCUT2D eigenvalue weighted by atomic mass is 16.1. The molecule has 1 aromatic heterocycles. The van der Waals surface area contributed by atoms with E-state index < -0.39 is 0 Å². The van der Waals surface area contributed by atoms with E-state index in [1.54, 1.807) is 16.8 Å². The predicted molar refractivity (Wildman–Crippen MR) is 59.2 cm³/mol. The number of nitrogen functional groups attached to an aromatic ring is 1. The van der Waals surface area contributed by atoms with Gasteiger partial charge in [0.25, 0.3) is 5.56 Å². The second-order valence-corrected chi connectivity index (χ2v) is 3.60. The minimum atomic E-state index is -0.0700. The number of hydrogen-bond acceptors (Lipinski definition) is 2. The standard InChI is InChI=1S/C11H18N2O/c1-3-9(4-2)8-13-7-5-6-10(12)11(13)14/h5-7,9H,3-4,8,12H2,1-2H3. The summed E-state index contributed by atoms with van der Waals surface area (Å²) in [6.07, 6.45) is 3.99. The summed E-state index contributed by atoms with van der Waals surface area (Å²) >= 11 is 0. The average Bonchev–Trinajstić information content (AvgIpc) is 2.20. The molecule has 0 aromatic carbocycles. The minimum absolute atomic E-state index is 0.0700. The Hall–Kier alpha value is -1.25. The van der Waals surface area contributed by atoms with Crippen LogP contribution >= 0.6 is 0 Å². The molecule has 0 saturated heterocycles. The van der Waals surface area contributed by atoms with Gasteiger partial charge in [-0.2, -0.15) is 0 Å². The van der Waals surface area contributed by atoms with Gasteiger partial charge in [-0.25, -0.2) is 0 Å². The van der Waals surface area contributed by atoms with Crippen molar-refractivity contribution in [3.8, 4) is 0 Å². The van der Waals surface area contributed by atoms with Crippen molar-refractivity contribution in [3.05, 3.63) is 28.7 Å². The molecule has 0 saturated carbocycles. The Kier molecular flexibility index (Phi) is 3.74. The molecule has 3 nitrogen and oxygen atoms in total. The summed E-state index contributed by atoms with van der Waals surface area (Å²) in [6, 6.07) is 3.46. The van der Waals surface area contributed by atoms with Crippen LogP contribution in [0.2, 0.25) is 0 Å². The topological polar surface area (TPSA) is 48.0 Å². The Morgan fingerprint density at radius 1 is 1.43 bits per heavy atom. The normalized spacial score (nSPS) is 10.8. The summed E-state index contributed by atoms with van der Waals surface area (Å²) in [4.78, 5) is 11.6. The number of aromatic nitrogens is 1. The first-order valence-corrected chi connectivity index (χ1v) is 5.14. The van der Waals surface area contributed by atoms with Gasteiger partial charge in [0.1, 0.15) is 0 Å². The van der Waals surface area contributed by atoms with E-state index >= 15 is 0 Å². The summed E-state index contributed by atoms with van der Waals surface area (Å²) in [5.41, 5.74) is 5.81. The van der Waals surface area contributed by atoms with Crippen LogP contribution in [0.4, 0.5) is 5.69 Å². The molecule has 0 amide bonds. The fourth-order valence-electron chi connectivity index (χ4n) is 1.52. The van der Waals surface area contributed by atoms with E-state index in [1.807, 2.05) is 6.07 Å². The van der Waals surface area contributed by atoms with Crippen LogP contribution in [-0.4, -0.2) is 4.57 Å². The number of pyridine rings is 1. The molecule has 0 radical (unpaired) electrons. The third-order valence-corrected chi connectivity index (χ3v) is 2.66. The predicted octanol–water partition coefficient (Wildman–Crippen LogP) is 1.87. The van der Waals surface area contributed by atoms with Crippen molar-refractivity contribution < 1.29 is 0 Å². The highest BCUT2D eigenvalue weighted by Crippen LogP contribution is 2.09. The van der Waals surface area contributed by atoms with Crippen LogP contribution in [0.1, 0.15) is 26.7 Å². The van der Waals surface area contributed by atoms with Crippen LogP contribution in [-0.2, 0) is 6.54 Å². The van der Waals surface area contributed by atoms with E-state index in [1.165, 1.54) is 0 Å². The fourth-order valence-corrected chi connectivity index (χ4v) is 1.52. The number of nitrogens with two attached hydrogens (primary N) is 1. The number of rotatable bonds is 4. The minimum Gasteiger partial charge on any atom is -0.394 e. The maximum atomic E-state index is 11.6. The molecule has 1 aromatic rings. The molecule has 0 aliphatic rings. The second-order valence-electron chi connectivity index (χ2n) is 3.60. The summed E-state index contributed by atoms with van der Waals surface area (Å²) in [5, 5.41) is 0. The Morgan fingerprint density at radius 3 is 2.64 bits per heavy atom. The van der Waals surface area contributed by atoms with Crippen molar-refractivity contribution in [2.75, 3.05) is 5.73 Å². The van der Waals surface area contributed by atoms with Gasteiger partial charge in [0, 0.05) is 12.7 Å². The summed E-state index contributed by atoms with van der Waals surface area (Å²) < 4.78 is 1.70. The largest absolute Gasteiger partial charge is 0.394 e. The maximum absolute atomic E-state index is 11.6. The van der Waals surface area contributed by atoms with Crippen molar-refractivity contribution in [3.63, 3.8) is 0 Å². The molecule has 0 unspecified atom stereocenters. The Morgan fingerprint density at radius 2 is 2.07 bits per heavy atom. The molecule has 1 heterocycles. The van der Waals surface area contributed by atoms with Gasteiger partial charge in [-0.05, 0) is 18.1 Å². The number of anilines is 1. The molecule has 0 aliphatic heterocycles. The van der Waals surface area contributed by atoms with E-state index in [0.29, 0.717) is 11.6 Å².